The average molecular weight is 348 g/mol. The second-order valence-corrected chi connectivity index (χ2v) is 6.04. The van der Waals surface area contributed by atoms with Gasteiger partial charge in [0.05, 0.1) is 26.9 Å². The van der Waals surface area contributed by atoms with Crippen LogP contribution in [0, 0.1) is 0 Å². The lowest BCUT2D eigenvalue weighted by molar-refractivity contribution is -0.123. The summed E-state index contributed by atoms with van der Waals surface area (Å²) in [6, 6.07) is 5.47. The number of methoxy groups -OCH3 is 2. The number of carbonyl (C=O) groups is 1. The maximum Gasteiger partial charge on any atom is 0.276 e. The predicted octanol–water partition coefficient (Wildman–Crippen LogP) is 1.94. The molecule has 0 aromatic heterocycles. The predicted molar refractivity (Wildman–Crippen MR) is 93.9 cm³/mol. The van der Waals surface area contributed by atoms with Crippen LogP contribution in [0.1, 0.15) is 18.4 Å². The molecule has 2 heterocycles. The van der Waals surface area contributed by atoms with Crippen molar-refractivity contribution in [3.05, 3.63) is 29.5 Å². The molecule has 7 heteroatoms. The Labute approximate surface area is 146 Å². The van der Waals surface area contributed by atoms with Crippen LogP contribution in [-0.2, 0) is 9.53 Å². The van der Waals surface area contributed by atoms with Crippen molar-refractivity contribution in [1.29, 1.82) is 0 Å². The van der Waals surface area contributed by atoms with Gasteiger partial charge >= 0.3 is 0 Å². The molecule has 2 fully saturated rings. The van der Waals surface area contributed by atoms with E-state index in [9.17, 15) is 4.79 Å². The van der Waals surface area contributed by atoms with Gasteiger partial charge in [-0.15, -0.1) is 0 Å². The number of ether oxygens (including phenoxy) is 3. The Kier molecular flexibility index (Phi) is 5.01. The molecule has 1 N–H and O–H groups in total. The van der Waals surface area contributed by atoms with Crippen molar-refractivity contribution in [1.82, 2.24) is 10.2 Å². The molecule has 1 amide bonds. The number of nitrogens with one attached hydrogen (secondary N) is 1. The number of thiocarbonyl (C=S) groups is 1. The molecule has 0 aliphatic carbocycles. The molecule has 0 spiro atoms. The Morgan fingerprint density at radius 3 is 2.83 bits per heavy atom. The van der Waals surface area contributed by atoms with E-state index in [0.29, 0.717) is 28.9 Å². The Bertz CT molecular complexity index is 683. The van der Waals surface area contributed by atoms with Crippen LogP contribution < -0.4 is 14.8 Å². The van der Waals surface area contributed by atoms with Crippen LogP contribution in [0.4, 0.5) is 0 Å². The van der Waals surface area contributed by atoms with Gasteiger partial charge in [0.25, 0.3) is 5.91 Å². The van der Waals surface area contributed by atoms with Crippen molar-refractivity contribution in [2.24, 2.45) is 0 Å². The molecule has 0 saturated carbocycles. The molecule has 2 aliphatic heterocycles. The first kappa shape index (κ1) is 16.7. The van der Waals surface area contributed by atoms with Gasteiger partial charge < -0.3 is 19.5 Å². The summed E-state index contributed by atoms with van der Waals surface area (Å²) >= 11 is 5.29. The fourth-order valence-electron chi connectivity index (χ4n) is 2.84. The van der Waals surface area contributed by atoms with Gasteiger partial charge in [-0.05, 0) is 48.8 Å². The Hall–Kier alpha value is -2.12. The van der Waals surface area contributed by atoms with Gasteiger partial charge in [0.1, 0.15) is 5.70 Å². The molecule has 128 valence electrons. The van der Waals surface area contributed by atoms with Gasteiger partial charge in [0.2, 0.25) is 0 Å². The molecule has 0 unspecified atom stereocenters. The fourth-order valence-corrected chi connectivity index (χ4v) is 3.11. The maximum atomic E-state index is 12.6. The van der Waals surface area contributed by atoms with Crippen molar-refractivity contribution in [2.75, 3.05) is 27.4 Å². The maximum absolute atomic E-state index is 12.6. The lowest BCUT2D eigenvalue weighted by Crippen LogP contribution is -2.37. The van der Waals surface area contributed by atoms with Crippen LogP contribution in [0.3, 0.4) is 0 Å². The topological polar surface area (TPSA) is 60.0 Å². The normalized spacial score (nSPS) is 22.2. The van der Waals surface area contributed by atoms with Gasteiger partial charge in [0.15, 0.2) is 16.6 Å². The van der Waals surface area contributed by atoms with Crippen LogP contribution in [0.5, 0.6) is 11.5 Å². The summed E-state index contributed by atoms with van der Waals surface area (Å²) < 4.78 is 16.1. The molecule has 1 atom stereocenters. The van der Waals surface area contributed by atoms with E-state index in [1.54, 1.807) is 31.3 Å². The largest absolute Gasteiger partial charge is 0.493 e. The molecule has 6 nitrogen and oxygen atoms in total. The summed E-state index contributed by atoms with van der Waals surface area (Å²) in [4.78, 5) is 14.1. The number of rotatable bonds is 5. The highest BCUT2D eigenvalue weighted by atomic mass is 32.1. The second-order valence-electron chi connectivity index (χ2n) is 5.65. The number of carbonyl (C=O) groups excluding carboxylic acids is 1. The first-order valence-electron chi connectivity index (χ1n) is 7.80. The Morgan fingerprint density at radius 1 is 1.38 bits per heavy atom. The zero-order valence-electron chi connectivity index (χ0n) is 13.7. The number of hydrogen-bond acceptors (Lipinski definition) is 5. The summed E-state index contributed by atoms with van der Waals surface area (Å²) in [6.45, 7) is 1.25. The van der Waals surface area contributed by atoms with E-state index >= 15 is 0 Å². The highest BCUT2D eigenvalue weighted by Crippen LogP contribution is 2.29. The second kappa shape index (κ2) is 7.19. The van der Waals surface area contributed by atoms with E-state index in [2.05, 4.69) is 5.32 Å². The molecular formula is C17H20N2O4S. The van der Waals surface area contributed by atoms with Crippen molar-refractivity contribution in [3.63, 3.8) is 0 Å². The summed E-state index contributed by atoms with van der Waals surface area (Å²) in [6.07, 6.45) is 3.81. The van der Waals surface area contributed by atoms with Crippen LogP contribution in [0.15, 0.2) is 23.9 Å². The van der Waals surface area contributed by atoms with E-state index in [1.807, 2.05) is 12.1 Å². The van der Waals surface area contributed by atoms with Gasteiger partial charge in [-0.1, -0.05) is 6.07 Å². The lowest BCUT2D eigenvalue weighted by Gasteiger charge is -2.18. The minimum Gasteiger partial charge on any atom is -0.493 e. The lowest BCUT2D eigenvalue weighted by atomic mass is 10.1. The standard InChI is InChI=1S/C17H20N2O4S/c1-21-14-6-5-11(9-15(14)22-2)8-13-16(20)19(17(24)18-13)10-12-4-3-7-23-12/h5-6,8-9,12H,3-4,7,10H2,1-2H3,(H,18,24)/b13-8+/t12-/m1/s1. The van der Waals surface area contributed by atoms with Crippen LogP contribution >= 0.6 is 12.2 Å². The molecule has 1 aromatic rings. The first-order chi connectivity index (χ1) is 11.6. The van der Waals surface area contributed by atoms with Crippen LogP contribution in [-0.4, -0.2) is 49.4 Å². The minimum atomic E-state index is -0.134. The summed E-state index contributed by atoms with van der Waals surface area (Å²) in [7, 11) is 3.16. The highest BCUT2D eigenvalue weighted by molar-refractivity contribution is 7.80. The van der Waals surface area contributed by atoms with Gasteiger partial charge in [-0.25, -0.2) is 0 Å². The number of nitrogens with zero attached hydrogens (tertiary/aromatic N) is 1. The monoisotopic (exact) mass is 348 g/mol. The van der Waals surface area contributed by atoms with E-state index in [4.69, 9.17) is 26.4 Å². The molecule has 2 saturated heterocycles. The average Bonchev–Trinajstić information content (AvgIpc) is 3.19. The molecule has 1 aromatic carbocycles. The van der Waals surface area contributed by atoms with Crippen molar-refractivity contribution < 1.29 is 19.0 Å². The van der Waals surface area contributed by atoms with Crippen molar-refractivity contribution >= 4 is 29.3 Å². The van der Waals surface area contributed by atoms with E-state index < -0.39 is 0 Å². The molecule has 3 rings (SSSR count). The van der Waals surface area contributed by atoms with Crippen LogP contribution in [0.25, 0.3) is 6.08 Å². The first-order valence-corrected chi connectivity index (χ1v) is 8.21. The molecule has 2 aliphatic rings. The van der Waals surface area contributed by atoms with Crippen molar-refractivity contribution in [2.45, 2.75) is 18.9 Å². The van der Waals surface area contributed by atoms with E-state index in [0.717, 1.165) is 25.0 Å². The van der Waals surface area contributed by atoms with Crippen LogP contribution in [0.2, 0.25) is 0 Å². The summed E-state index contributed by atoms with van der Waals surface area (Å²) in [5.74, 6) is 1.11. The van der Waals surface area contributed by atoms with E-state index in [1.165, 1.54) is 0 Å². The van der Waals surface area contributed by atoms with E-state index in [-0.39, 0.29) is 12.0 Å². The Morgan fingerprint density at radius 2 is 2.17 bits per heavy atom. The fraction of sp³-hybridized carbons (Fsp3) is 0.412. The highest BCUT2D eigenvalue weighted by Gasteiger charge is 2.33. The quantitative estimate of drug-likeness (QED) is 0.648. The smallest absolute Gasteiger partial charge is 0.276 e. The third-order valence-electron chi connectivity index (χ3n) is 4.09. The zero-order valence-corrected chi connectivity index (χ0v) is 14.5. The van der Waals surface area contributed by atoms with Gasteiger partial charge in [-0.3, -0.25) is 9.69 Å². The van der Waals surface area contributed by atoms with Gasteiger partial charge in [-0.2, -0.15) is 0 Å². The van der Waals surface area contributed by atoms with Crippen molar-refractivity contribution in [3.8, 4) is 11.5 Å². The number of benzene rings is 1. The minimum absolute atomic E-state index is 0.0640. The summed E-state index contributed by atoms with van der Waals surface area (Å²) in [5, 5.41) is 3.40. The Balaban J connectivity index is 1.78. The molecular weight excluding hydrogens is 328 g/mol. The molecule has 0 bridgehead atoms. The number of amides is 1. The SMILES string of the molecule is COc1ccc(/C=C2/NC(=S)N(C[C@H]3CCCO3)C2=O)cc1OC. The summed E-state index contributed by atoms with van der Waals surface area (Å²) in [5.41, 5.74) is 1.27. The zero-order chi connectivity index (χ0) is 17.1. The number of hydrogen-bond donors (Lipinski definition) is 1. The molecule has 0 radical (unpaired) electrons. The third-order valence-corrected chi connectivity index (χ3v) is 4.41. The van der Waals surface area contributed by atoms with Gasteiger partial charge in [0, 0.05) is 6.61 Å². The third kappa shape index (κ3) is 3.37. The molecule has 24 heavy (non-hydrogen) atoms.